The van der Waals surface area contributed by atoms with Crippen molar-refractivity contribution in [1.29, 1.82) is 0 Å². The van der Waals surface area contributed by atoms with Gasteiger partial charge in [-0.1, -0.05) is 46.7 Å². The molecule has 0 amide bonds. The summed E-state index contributed by atoms with van der Waals surface area (Å²) < 4.78 is 12.9. The fraction of sp³-hybridized carbons (Fsp3) is 0.947. The minimum absolute atomic E-state index is 0.225. The van der Waals surface area contributed by atoms with E-state index in [9.17, 15) is 0 Å². The van der Waals surface area contributed by atoms with Crippen LogP contribution in [-0.2, 0) is 13.7 Å². The van der Waals surface area contributed by atoms with Gasteiger partial charge in [0.05, 0.1) is 5.71 Å². The molecule has 2 atom stereocenters. The maximum Gasteiger partial charge on any atom is 0.192 e. The first-order valence-electron chi connectivity index (χ1n) is 9.50. The second kappa shape index (κ2) is 7.83. The zero-order valence-corrected chi connectivity index (χ0v) is 20.4. The molecule has 0 aromatic heterocycles. The number of hydrogen-bond donors (Lipinski definition) is 0. The van der Waals surface area contributed by atoms with Gasteiger partial charge in [0.2, 0.25) is 0 Å². The van der Waals surface area contributed by atoms with Crippen LogP contribution >= 0.6 is 0 Å². The molecule has 1 rings (SSSR count). The molecule has 1 aliphatic rings. The van der Waals surface area contributed by atoms with Crippen molar-refractivity contribution >= 4 is 22.3 Å². The third kappa shape index (κ3) is 5.65. The molecule has 0 aliphatic heterocycles. The highest BCUT2D eigenvalue weighted by atomic mass is 28.4. The SMILES string of the molecule is CO/N=C1\C[C@H](CO[Si](C)(C)C(C)(C)C)[C@H]1CO[Si](C)(C)C(C)(C)C. The Morgan fingerprint density at radius 3 is 1.72 bits per heavy atom. The van der Waals surface area contributed by atoms with E-state index in [1.165, 1.54) is 0 Å². The van der Waals surface area contributed by atoms with E-state index in [0.717, 1.165) is 25.3 Å². The van der Waals surface area contributed by atoms with Gasteiger partial charge >= 0.3 is 0 Å². The second-order valence-corrected chi connectivity index (χ2v) is 20.1. The maximum atomic E-state index is 6.46. The van der Waals surface area contributed by atoms with E-state index in [1.54, 1.807) is 7.11 Å². The van der Waals surface area contributed by atoms with Gasteiger partial charge in [-0.2, -0.15) is 0 Å². The molecule has 0 heterocycles. The molecule has 25 heavy (non-hydrogen) atoms. The van der Waals surface area contributed by atoms with Crippen molar-refractivity contribution in [3.05, 3.63) is 0 Å². The molecule has 6 heteroatoms. The largest absolute Gasteiger partial charge is 0.417 e. The highest BCUT2D eigenvalue weighted by Gasteiger charge is 2.44. The van der Waals surface area contributed by atoms with Gasteiger partial charge in [0.15, 0.2) is 16.6 Å². The summed E-state index contributed by atoms with van der Waals surface area (Å²) in [6.07, 6.45) is 0.966. The Morgan fingerprint density at radius 2 is 1.32 bits per heavy atom. The molecule has 0 unspecified atom stereocenters. The fourth-order valence-electron chi connectivity index (χ4n) is 2.35. The van der Waals surface area contributed by atoms with Gasteiger partial charge in [-0.3, -0.25) is 0 Å². The van der Waals surface area contributed by atoms with E-state index in [-0.39, 0.29) is 10.1 Å². The lowest BCUT2D eigenvalue weighted by Crippen LogP contribution is -2.50. The minimum Gasteiger partial charge on any atom is -0.417 e. The summed E-state index contributed by atoms with van der Waals surface area (Å²) in [5, 5.41) is 4.69. The minimum atomic E-state index is -1.75. The fourth-order valence-corrected chi connectivity index (χ4v) is 4.44. The van der Waals surface area contributed by atoms with E-state index >= 15 is 0 Å². The molecule has 0 aromatic carbocycles. The number of hydrogen-bond acceptors (Lipinski definition) is 4. The van der Waals surface area contributed by atoms with Gasteiger partial charge in [-0.25, -0.2) is 0 Å². The summed E-state index contributed by atoms with van der Waals surface area (Å²) in [6.45, 7) is 24.5. The number of oxime groups is 1. The Balaban J connectivity index is 2.71. The molecule has 0 aromatic rings. The third-order valence-electron chi connectivity index (χ3n) is 6.57. The van der Waals surface area contributed by atoms with Crippen molar-refractivity contribution in [1.82, 2.24) is 0 Å². The molecule has 148 valence electrons. The van der Waals surface area contributed by atoms with Crippen molar-refractivity contribution in [2.75, 3.05) is 20.3 Å². The third-order valence-corrected chi connectivity index (χ3v) is 15.6. The first-order chi connectivity index (χ1) is 11.1. The van der Waals surface area contributed by atoms with E-state index in [1.807, 2.05) is 0 Å². The average Bonchev–Trinajstić information content (AvgIpc) is 2.39. The Kier molecular flexibility index (Phi) is 7.16. The summed E-state index contributed by atoms with van der Waals surface area (Å²) >= 11 is 0. The first-order valence-corrected chi connectivity index (χ1v) is 15.3. The van der Waals surface area contributed by atoms with Crippen molar-refractivity contribution in [2.45, 2.75) is 84.2 Å². The summed E-state index contributed by atoms with van der Waals surface area (Å²) in [5.74, 6) is 0.826. The van der Waals surface area contributed by atoms with Crippen LogP contribution in [0.15, 0.2) is 5.16 Å². The molecule has 0 bridgehead atoms. The Labute approximate surface area is 158 Å². The van der Waals surface area contributed by atoms with Crippen LogP contribution in [0.1, 0.15) is 48.0 Å². The lowest BCUT2D eigenvalue weighted by molar-refractivity contribution is 0.126. The molecule has 0 saturated heterocycles. The summed E-state index contributed by atoms with van der Waals surface area (Å²) in [7, 11) is -1.84. The number of nitrogens with zero attached hydrogens (tertiary/aromatic N) is 1. The van der Waals surface area contributed by atoms with Crippen LogP contribution in [-0.4, -0.2) is 42.7 Å². The molecule has 1 fully saturated rings. The van der Waals surface area contributed by atoms with Gasteiger partial charge in [0.1, 0.15) is 7.11 Å². The highest BCUT2D eigenvalue weighted by Crippen LogP contribution is 2.41. The van der Waals surface area contributed by atoms with Crippen molar-refractivity contribution < 1.29 is 13.7 Å². The standard InChI is InChI=1S/C19H41NO3Si2/c1-18(2,3)24(8,9)22-13-15-12-17(20-21-7)16(15)14-23-25(10,11)19(4,5)6/h15-16H,12-14H2,1-11H3/b20-17+/t15-,16-/m1/s1. The van der Waals surface area contributed by atoms with Crippen LogP contribution < -0.4 is 0 Å². The monoisotopic (exact) mass is 387 g/mol. The van der Waals surface area contributed by atoms with Crippen molar-refractivity contribution in [3.63, 3.8) is 0 Å². The first kappa shape index (κ1) is 22.9. The van der Waals surface area contributed by atoms with Crippen LogP contribution in [0.25, 0.3) is 0 Å². The van der Waals surface area contributed by atoms with E-state index in [0.29, 0.717) is 11.8 Å². The Hall–Kier alpha value is -0.176. The average molecular weight is 388 g/mol. The maximum absolute atomic E-state index is 6.46. The zero-order valence-electron chi connectivity index (χ0n) is 18.4. The molecule has 1 saturated carbocycles. The lowest BCUT2D eigenvalue weighted by atomic mass is 9.73. The van der Waals surface area contributed by atoms with Gasteiger partial charge in [0, 0.05) is 19.1 Å². The van der Waals surface area contributed by atoms with Gasteiger partial charge < -0.3 is 13.7 Å². The van der Waals surface area contributed by atoms with E-state index < -0.39 is 16.6 Å². The van der Waals surface area contributed by atoms with Gasteiger partial charge in [-0.15, -0.1) is 0 Å². The zero-order chi connectivity index (χ0) is 19.7. The summed E-state index contributed by atoms with van der Waals surface area (Å²) in [4.78, 5) is 5.03. The molecule has 4 nitrogen and oxygen atoms in total. The van der Waals surface area contributed by atoms with Crippen molar-refractivity contribution in [3.8, 4) is 0 Å². The van der Waals surface area contributed by atoms with E-state index in [4.69, 9.17) is 13.7 Å². The Morgan fingerprint density at radius 1 is 0.880 bits per heavy atom. The topological polar surface area (TPSA) is 40.0 Å². The molecule has 0 radical (unpaired) electrons. The van der Waals surface area contributed by atoms with Crippen LogP contribution in [0.2, 0.25) is 36.3 Å². The highest BCUT2D eigenvalue weighted by molar-refractivity contribution is 6.74. The Bertz CT molecular complexity index is 476. The van der Waals surface area contributed by atoms with Crippen LogP contribution in [0, 0.1) is 11.8 Å². The van der Waals surface area contributed by atoms with Gasteiger partial charge in [-0.05, 0) is 48.6 Å². The normalized spacial score (nSPS) is 24.4. The number of rotatable bonds is 7. The quantitative estimate of drug-likeness (QED) is 0.417. The van der Waals surface area contributed by atoms with Crippen LogP contribution in [0.4, 0.5) is 0 Å². The molecule has 0 N–H and O–H groups in total. The lowest BCUT2D eigenvalue weighted by Gasteiger charge is -2.44. The second-order valence-electron chi connectivity index (χ2n) is 10.5. The smallest absolute Gasteiger partial charge is 0.192 e. The molecular formula is C19H41NO3Si2. The molecule has 1 aliphatic carbocycles. The predicted molar refractivity (Wildman–Crippen MR) is 112 cm³/mol. The molecular weight excluding hydrogens is 346 g/mol. The van der Waals surface area contributed by atoms with Gasteiger partial charge in [0.25, 0.3) is 0 Å². The van der Waals surface area contributed by atoms with Crippen molar-refractivity contribution in [2.24, 2.45) is 17.0 Å². The molecule has 0 spiro atoms. The summed E-state index contributed by atoms with van der Waals surface area (Å²) in [6, 6.07) is 0. The summed E-state index contributed by atoms with van der Waals surface area (Å²) in [5.41, 5.74) is 1.13. The van der Waals surface area contributed by atoms with E-state index in [2.05, 4.69) is 72.9 Å². The van der Waals surface area contributed by atoms with Crippen LogP contribution in [0.3, 0.4) is 0 Å². The predicted octanol–water partition coefficient (Wildman–Crippen LogP) is 5.67. The van der Waals surface area contributed by atoms with Crippen LogP contribution in [0.5, 0.6) is 0 Å².